The molecule has 1 aliphatic rings. The lowest BCUT2D eigenvalue weighted by molar-refractivity contribution is -0.143. The van der Waals surface area contributed by atoms with Crippen molar-refractivity contribution in [3.05, 3.63) is 0 Å². The zero-order valence-corrected chi connectivity index (χ0v) is 13.8. The molecule has 4 nitrogen and oxygen atoms in total. The Morgan fingerprint density at radius 2 is 2.00 bits per heavy atom. The van der Waals surface area contributed by atoms with Crippen LogP contribution in [0.3, 0.4) is 0 Å². The monoisotopic (exact) mass is 322 g/mol. The van der Waals surface area contributed by atoms with Gasteiger partial charge in [-0.3, -0.25) is 4.90 Å². The molecule has 0 bridgehead atoms. The minimum Gasteiger partial charge on any atom is -0.370 e. The third-order valence-electron chi connectivity index (χ3n) is 3.78. The Labute approximate surface area is 131 Å². The van der Waals surface area contributed by atoms with Crippen LogP contribution in [-0.4, -0.2) is 48.8 Å². The van der Waals surface area contributed by atoms with Crippen molar-refractivity contribution in [1.29, 1.82) is 0 Å². The van der Waals surface area contributed by atoms with Crippen molar-refractivity contribution in [3.8, 4) is 0 Å². The van der Waals surface area contributed by atoms with Gasteiger partial charge in [-0.25, -0.2) is 4.99 Å². The van der Waals surface area contributed by atoms with E-state index in [9.17, 15) is 13.2 Å². The number of hydrogen-bond acceptors (Lipinski definition) is 2. The molecule has 22 heavy (non-hydrogen) atoms. The first-order chi connectivity index (χ1) is 10.2. The second-order valence-corrected chi connectivity index (χ2v) is 6.68. The zero-order chi connectivity index (χ0) is 16.8. The van der Waals surface area contributed by atoms with Crippen LogP contribution >= 0.6 is 0 Å². The fraction of sp³-hybridized carbons (Fsp3) is 0.933. The molecule has 0 amide bonds. The molecule has 0 saturated carbocycles. The highest BCUT2D eigenvalue weighted by Gasteiger charge is 2.34. The van der Waals surface area contributed by atoms with Gasteiger partial charge in [-0.2, -0.15) is 13.2 Å². The van der Waals surface area contributed by atoms with Crippen LogP contribution in [0.2, 0.25) is 0 Å². The van der Waals surface area contributed by atoms with Crippen LogP contribution < -0.4 is 11.1 Å². The standard InChI is InChI=1S/C15H29F3N4/c1-11(2)5-4-6-12(3)20-14(19)21-13-7-8-22(9-13)10-15(16,17)18/h11-13H,4-10H2,1-3H3,(H3,19,20,21). The van der Waals surface area contributed by atoms with E-state index in [2.05, 4.69) is 24.2 Å². The number of nitrogens with two attached hydrogens (primary N) is 1. The van der Waals surface area contributed by atoms with Gasteiger partial charge in [0.05, 0.1) is 12.6 Å². The lowest BCUT2D eigenvalue weighted by Gasteiger charge is -2.18. The lowest BCUT2D eigenvalue weighted by atomic mass is 10.0. The van der Waals surface area contributed by atoms with Crippen molar-refractivity contribution < 1.29 is 13.2 Å². The van der Waals surface area contributed by atoms with Gasteiger partial charge in [0.2, 0.25) is 0 Å². The van der Waals surface area contributed by atoms with Gasteiger partial charge in [0, 0.05) is 19.1 Å². The summed E-state index contributed by atoms with van der Waals surface area (Å²) in [6.07, 6.45) is -0.202. The highest BCUT2D eigenvalue weighted by molar-refractivity contribution is 5.78. The van der Waals surface area contributed by atoms with Gasteiger partial charge < -0.3 is 11.1 Å². The summed E-state index contributed by atoms with van der Waals surface area (Å²) in [5.74, 6) is 1.03. The first-order valence-electron chi connectivity index (χ1n) is 8.04. The minimum atomic E-state index is -4.15. The molecular formula is C15H29F3N4. The van der Waals surface area contributed by atoms with E-state index in [-0.39, 0.29) is 12.1 Å². The minimum absolute atomic E-state index is 0.141. The molecule has 1 rings (SSSR count). The fourth-order valence-electron chi connectivity index (χ4n) is 2.71. The Morgan fingerprint density at radius 1 is 1.32 bits per heavy atom. The second-order valence-electron chi connectivity index (χ2n) is 6.68. The first-order valence-corrected chi connectivity index (χ1v) is 8.04. The van der Waals surface area contributed by atoms with Gasteiger partial charge in [-0.05, 0) is 25.7 Å². The van der Waals surface area contributed by atoms with Crippen LogP contribution in [0.1, 0.15) is 46.5 Å². The molecule has 3 N–H and O–H groups in total. The Morgan fingerprint density at radius 3 is 2.59 bits per heavy atom. The Balaban J connectivity index is 2.30. The SMILES string of the molecule is CC(C)CCCC(C)NC(N)=NC1CCN(CC(F)(F)F)C1. The van der Waals surface area contributed by atoms with Gasteiger partial charge >= 0.3 is 6.18 Å². The molecule has 1 aliphatic heterocycles. The zero-order valence-electron chi connectivity index (χ0n) is 13.8. The highest BCUT2D eigenvalue weighted by Crippen LogP contribution is 2.21. The predicted molar refractivity (Wildman–Crippen MR) is 83.8 cm³/mol. The maximum absolute atomic E-state index is 12.3. The summed E-state index contributed by atoms with van der Waals surface area (Å²) in [6, 6.07) is 0.0906. The van der Waals surface area contributed by atoms with E-state index in [0.29, 0.717) is 31.4 Å². The molecule has 130 valence electrons. The summed E-state index contributed by atoms with van der Waals surface area (Å²) in [6.45, 7) is 6.32. The number of likely N-dealkylation sites (tertiary alicyclic amines) is 1. The molecular weight excluding hydrogens is 293 g/mol. The quantitative estimate of drug-likeness (QED) is 0.560. The van der Waals surface area contributed by atoms with Crippen LogP contribution in [0.4, 0.5) is 13.2 Å². The molecule has 2 unspecified atom stereocenters. The topological polar surface area (TPSA) is 53.6 Å². The van der Waals surface area contributed by atoms with Crippen molar-refractivity contribution in [1.82, 2.24) is 10.2 Å². The normalized spacial score (nSPS) is 22.3. The summed E-state index contributed by atoms with van der Waals surface area (Å²) in [7, 11) is 0. The molecule has 0 aromatic heterocycles. The van der Waals surface area contributed by atoms with E-state index in [1.165, 1.54) is 11.3 Å². The summed E-state index contributed by atoms with van der Waals surface area (Å²) in [4.78, 5) is 5.70. The third-order valence-corrected chi connectivity index (χ3v) is 3.78. The summed E-state index contributed by atoms with van der Waals surface area (Å²) < 4.78 is 37.0. The molecule has 1 heterocycles. The van der Waals surface area contributed by atoms with Gasteiger partial charge in [-0.1, -0.05) is 26.7 Å². The summed E-state index contributed by atoms with van der Waals surface area (Å²) >= 11 is 0. The molecule has 0 aliphatic carbocycles. The van der Waals surface area contributed by atoms with Gasteiger partial charge in [-0.15, -0.1) is 0 Å². The average Bonchev–Trinajstić information content (AvgIpc) is 2.72. The average molecular weight is 322 g/mol. The largest absolute Gasteiger partial charge is 0.401 e. The first kappa shape index (κ1) is 19.1. The maximum Gasteiger partial charge on any atom is 0.401 e. The third kappa shape index (κ3) is 8.46. The number of hydrogen-bond donors (Lipinski definition) is 2. The van der Waals surface area contributed by atoms with Gasteiger partial charge in [0.25, 0.3) is 0 Å². The summed E-state index contributed by atoms with van der Waals surface area (Å²) in [5.41, 5.74) is 5.86. The van der Waals surface area contributed by atoms with Crippen molar-refractivity contribution in [2.24, 2.45) is 16.6 Å². The molecule has 1 fully saturated rings. The van der Waals surface area contributed by atoms with Crippen LogP contribution in [-0.2, 0) is 0 Å². The predicted octanol–water partition coefficient (Wildman–Crippen LogP) is 2.74. The van der Waals surface area contributed by atoms with Crippen molar-refractivity contribution in [2.75, 3.05) is 19.6 Å². The number of alkyl halides is 3. The maximum atomic E-state index is 12.3. The molecule has 0 spiro atoms. The Hall–Kier alpha value is -0.980. The van der Waals surface area contributed by atoms with E-state index < -0.39 is 12.7 Å². The van der Waals surface area contributed by atoms with Crippen LogP contribution in [0.25, 0.3) is 0 Å². The molecule has 1 saturated heterocycles. The molecule has 0 aromatic carbocycles. The van der Waals surface area contributed by atoms with Crippen molar-refractivity contribution >= 4 is 5.96 Å². The number of halogens is 3. The number of nitrogens with one attached hydrogen (secondary N) is 1. The smallest absolute Gasteiger partial charge is 0.370 e. The summed E-state index contributed by atoms with van der Waals surface area (Å²) in [5, 5.41) is 3.13. The molecule has 0 radical (unpaired) electrons. The van der Waals surface area contributed by atoms with Gasteiger partial charge in [0.1, 0.15) is 0 Å². The number of guanidine groups is 1. The number of nitrogens with zero attached hydrogens (tertiary/aromatic N) is 2. The molecule has 7 heteroatoms. The van der Waals surface area contributed by atoms with Crippen molar-refractivity contribution in [3.63, 3.8) is 0 Å². The number of aliphatic imine (C=N–C) groups is 1. The van der Waals surface area contributed by atoms with E-state index in [1.807, 2.05) is 6.92 Å². The van der Waals surface area contributed by atoms with Crippen LogP contribution in [0.5, 0.6) is 0 Å². The van der Waals surface area contributed by atoms with Crippen LogP contribution in [0.15, 0.2) is 4.99 Å². The van der Waals surface area contributed by atoms with E-state index in [4.69, 9.17) is 5.73 Å². The lowest BCUT2D eigenvalue weighted by Crippen LogP contribution is -2.39. The fourth-order valence-corrected chi connectivity index (χ4v) is 2.71. The Kier molecular flexibility index (Phi) is 7.45. The van der Waals surface area contributed by atoms with Crippen LogP contribution in [0, 0.1) is 5.92 Å². The second kappa shape index (κ2) is 8.60. The molecule has 0 aromatic rings. The molecule has 2 atom stereocenters. The van der Waals surface area contributed by atoms with Gasteiger partial charge in [0.15, 0.2) is 5.96 Å². The van der Waals surface area contributed by atoms with E-state index >= 15 is 0 Å². The Bertz CT molecular complexity index is 355. The van der Waals surface area contributed by atoms with E-state index in [0.717, 1.165) is 12.8 Å². The van der Waals surface area contributed by atoms with E-state index in [1.54, 1.807) is 0 Å². The van der Waals surface area contributed by atoms with Crippen molar-refractivity contribution in [2.45, 2.75) is 64.7 Å². The number of rotatable bonds is 7. The highest BCUT2D eigenvalue weighted by atomic mass is 19.4.